The number of imide groups is 1. The van der Waals surface area contributed by atoms with Gasteiger partial charge in [-0.15, -0.1) is 0 Å². The number of allylic oxidation sites excluding steroid dienone is 2. The number of nitrogens with zero attached hydrogens (tertiary/aromatic N) is 4. The number of rotatable bonds is 5. The van der Waals surface area contributed by atoms with Crippen molar-refractivity contribution in [3.63, 3.8) is 0 Å². The molecule has 2 amide bonds. The molecule has 2 aromatic carbocycles. The first-order chi connectivity index (χ1) is 17.3. The predicted octanol–water partition coefficient (Wildman–Crippen LogP) is 3.44. The van der Waals surface area contributed by atoms with E-state index < -0.39 is 4.92 Å². The Labute approximate surface area is 208 Å². The van der Waals surface area contributed by atoms with Crippen LogP contribution in [0.15, 0.2) is 54.6 Å². The maximum Gasteiger partial charge on any atom is 0.294 e. The lowest BCUT2D eigenvalue weighted by molar-refractivity contribution is -0.384. The summed E-state index contributed by atoms with van der Waals surface area (Å²) in [5.41, 5.74) is 2.32. The molecule has 2 aromatic rings. The fourth-order valence-corrected chi connectivity index (χ4v) is 6.33. The predicted molar refractivity (Wildman–Crippen MR) is 134 cm³/mol. The number of Topliss-reactive ketones (excluding diaryl/α,β-unsaturated/α-hetero) is 1. The lowest BCUT2D eigenvalue weighted by Gasteiger charge is -2.37. The number of hydrogen-bond acceptors (Lipinski definition) is 7. The van der Waals surface area contributed by atoms with Crippen LogP contribution >= 0.6 is 0 Å². The molecule has 0 radical (unpaired) electrons. The summed E-state index contributed by atoms with van der Waals surface area (Å²) in [6.07, 6.45) is 4.90. The fraction of sp³-hybridized carbons (Fsp3) is 0.370. The van der Waals surface area contributed by atoms with Crippen LogP contribution < -0.4 is 14.7 Å². The van der Waals surface area contributed by atoms with Crippen molar-refractivity contribution in [1.82, 2.24) is 0 Å². The summed E-state index contributed by atoms with van der Waals surface area (Å²) in [4.78, 5) is 54.7. The molecule has 0 spiro atoms. The minimum absolute atomic E-state index is 0.0201. The van der Waals surface area contributed by atoms with Crippen LogP contribution in [0.25, 0.3) is 0 Å². The molecular weight excluding hydrogens is 460 g/mol. The molecule has 36 heavy (non-hydrogen) atoms. The van der Waals surface area contributed by atoms with Gasteiger partial charge in [-0.2, -0.15) is 0 Å². The van der Waals surface area contributed by atoms with Gasteiger partial charge < -0.3 is 9.80 Å². The second-order valence-corrected chi connectivity index (χ2v) is 10.0. The van der Waals surface area contributed by atoms with Crippen LogP contribution in [0, 0.1) is 33.8 Å². The van der Waals surface area contributed by atoms with Gasteiger partial charge in [-0.25, -0.2) is 4.90 Å². The third-order valence-corrected chi connectivity index (χ3v) is 8.14. The molecule has 9 nitrogen and oxygen atoms in total. The third-order valence-electron chi connectivity index (χ3n) is 8.14. The van der Waals surface area contributed by atoms with Crippen molar-refractivity contribution in [3.05, 3.63) is 70.3 Å². The van der Waals surface area contributed by atoms with Gasteiger partial charge in [-0.3, -0.25) is 24.5 Å². The number of fused-ring (bicyclic) bond motifs is 5. The van der Waals surface area contributed by atoms with E-state index in [1.807, 2.05) is 41.3 Å². The Morgan fingerprint density at radius 1 is 0.861 bits per heavy atom. The molecule has 2 bridgehead atoms. The lowest BCUT2D eigenvalue weighted by Crippen LogP contribution is -2.46. The topological polar surface area (TPSA) is 104 Å². The Bertz CT molecular complexity index is 1280. The van der Waals surface area contributed by atoms with Crippen molar-refractivity contribution in [2.24, 2.45) is 23.7 Å². The van der Waals surface area contributed by atoms with Crippen LogP contribution in [0.3, 0.4) is 0 Å². The van der Waals surface area contributed by atoms with Gasteiger partial charge in [-0.1, -0.05) is 12.2 Å². The molecule has 1 saturated carbocycles. The van der Waals surface area contributed by atoms with Gasteiger partial charge in [0.05, 0.1) is 22.4 Å². The number of piperazine rings is 1. The Kier molecular flexibility index (Phi) is 5.17. The van der Waals surface area contributed by atoms with Gasteiger partial charge >= 0.3 is 0 Å². The average molecular weight is 487 g/mol. The van der Waals surface area contributed by atoms with Crippen LogP contribution in [0.5, 0.6) is 0 Å². The molecule has 6 rings (SSSR count). The molecule has 184 valence electrons. The molecule has 2 aliphatic carbocycles. The van der Waals surface area contributed by atoms with E-state index >= 15 is 0 Å². The maximum absolute atomic E-state index is 13.2. The van der Waals surface area contributed by atoms with Crippen molar-refractivity contribution in [2.45, 2.75) is 13.3 Å². The van der Waals surface area contributed by atoms with E-state index in [1.165, 1.54) is 17.9 Å². The van der Waals surface area contributed by atoms with Crippen LogP contribution in [0.2, 0.25) is 0 Å². The van der Waals surface area contributed by atoms with Crippen LogP contribution in [0.1, 0.15) is 23.7 Å². The van der Waals surface area contributed by atoms with E-state index in [4.69, 9.17) is 0 Å². The van der Waals surface area contributed by atoms with E-state index in [0.717, 1.165) is 12.1 Å². The summed E-state index contributed by atoms with van der Waals surface area (Å²) in [5.74, 6) is -0.975. The molecule has 4 aliphatic rings. The first-order valence-electron chi connectivity index (χ1n) is 12.3. The minimum atomic E-state index is -0.442. The Morgan fingerprint density at radius 3 is 1.97 bits per heavy atom. The highest BCUT2D eigenvalue weighted by Crippen LogP contribution is 2.53. The van der Waals surface area contributed by atoms with Gasteiger partial charge in [0.1, 0.15) is 5.69 Å². The van der Waals surface area contributed by atoms with E-state index in [2.05, 4.69) is 4.90 Å². The normalized spacial score (nSPS) is 26.6. The summed E-state index contributed by atoms with van der Waals surface area (Å²) in [7, 11) is 0. The molecule has 0 unspecified atom stereocenters. The van der Waals surface area contributed by atoms with Crippen LogP contribution in [0.4, 0.5) is 22.7 Å². The SMILES string of the molecule is CC(=O)c1ccc(N2CCN(c3ccc(N4C(=O)[C@@H]5[C@@H](C4=O)[C@H]4C=C[C@H]5C4)cc3[N+](=O)[O-])CC2)cc1. The number of benzene rings is 2. The standard InChI is InChI=1S/C27H26N4O5/c1-16(32)17-4-6-20(7-5-17)28-10-12-29(13-11-28)22-9-8-21(15-23(22)31(35)36)30-26(33)24-18-2-3-19(14-18)25(24)27(30)34/h2-9,15,18-19,24-25H,10-14H2,1H3/t18-,19-,24-,25-/m0/s1. The van der Waals surface area contributed by atoms with Crippen molar-refractivity contribution in [3.8, 4) is 0 Å². The summed E-state index contributed by atoms with van der Waals surface area (Å²) in [6, 6.07) is 12.1. The highest BCUT2D eigenvalue weighted by Gasteiger charge is 2.59. The zero-order valence-electron chi connectivity index (χ0n) is 19.9. The first kappa shape index (κ1) is 22.5. The Balaban J connectivity index is 1.21. The quantitative estimate of drug-likeness (QED) is 0.210. The molecule has 3 fully saturated rings. The molecule has 2 aliphatic heterocycles. The molecule has 2 saturated heterocycles. The van der Waals surface area contributed by atoms with Gasteiger partial charge in [0.15, 0.2) is 5.78 Å². The smallest absolute Gasteiger partial charge is 0.294 e. The summed E-state index contributed by atoms with van der Waals surface area (Å²) < 4.78 is 0. The van der Waals surface area contributed by atoms with E-state index in [-0.39, 0.29) is 52.6 Å². The number of anilines is 3. The molecule has 9 heteroatoms. The maximum atomic E-state index is 13.2. The van der Waals surface area contributed by atoms with Gasteiger partial charge in [0, 0.05) is 43.5 Å². The minimum Gasteiger partial charge on any atom is -0.368 e. The highest BCUT2D eigenvalue weighted by molar-refractivity contribution is 6.23. The number of amides is 2. The first-order valence-corrected chi connectivity index (χ1v) is 12.3. The Hall–Kier alpha value is -4.01. The van der Waals surface area contributed by atoms with Gasteiger partial charge in [0.25, 0.3) is 5.69 Å². The van der Waals surface area contributed by atoms with Crippen molar-refractivity contribution >= 4 is 40.3 Å². The highest BCUT2D eigenvalue weighted by atomic mass is 16.6. The second kappa shape index (κ2) is 8.29. The summed E-state index contributed by atoms with van der Waals surface area (Å²) in [6.45, 7) is 4.03. The number of carbonyl (C=O) groups excluding carboxylic acids is 3. The number of nitro benzene ring substituents is 1. The van der Waals surface area contributed by atoms with Crippen molar-refractivity contribution in [2.75, 3.05) is 40.9 Å². The van der Waals surface area contributed by atoms with Crippen molar-refractivity contribution < 1.29 is 19.3 Å². The van der Waals surface area contributed by atoms with E-state index in [1.54, 1.807) is 12.1 Å². The zero-order chi connectivity index (χ0) is 25.1. The monoisotopic (exact) mass is 486 g/mol. The van der Waals surface area contributed by atoms with E-state index in [0.29, 0.717) is 37.4 Å². The number of nitro groups is 1. The summed E-state index contributed by atoms with van der Waals surface area (Å²) >= 11 is 0. The zero-order valence-corrected chi connectivity index (χ0v) is 19.9. The van der Waals surface area contributed by atoms with Crippen LogP contribution in [-0.4, -0.2) is 48.7 Å². The molecule has 4 atom stereocenters. The lowest BCUT2D eigenvalue weighted by atomic mass is 9.85. The van der Waals surface area contributed by atoms with Gasteiger partial charge in [-0.05, 0) is 61.6 Å². The molecule has 0 N–H and O–H groups in total. The van der Waals surface area contributed by atoms with E-state index in [9.17, 15) is 24.5 Å². The third kappa shape index (κ3) is 3.41. The second-order valence-electron chi connectivity index (χ2n) is 10.0. The number of ketones is 1. The van der Waals surface area contributed by atoms with Crippen molar-refractivity contribution in [1.29, 1.82) is 0 Å². The van der Waals surface area contributed by atoms with Crippen LogP contribution in [-0.2, 0) is 9.59 Å². The molecule has 0 aromatic heterocycles. The largest absolute Gasteiger partial charge is 0.368 e. The number of carbonyl (C=O) groups is 3. The fourth-order valence-electron chi connectivity index (χ4n) is 6.33. The Morgan fingerprint density at radius 2 is 1.42 bits per heavy atom. The molecular formula is C27H26N4O5. The van der Waals surface area contributed by atoms with Gasteiger partial charge in [0.2, 0.25) is 11.8 Å². The molecule has 2 heterocycles. The summed E-state index contributed by atoms with van der Waals surface area (Å²) in [5, 5.41) is 12.0. The number of hydrogen-bond donors (Lipinski definition) is 0. The average Bonchev–Trinajstić information content (AvgIpc) is 3.57.